The molecule has 2 heterocycles. The van der Waals surface area contributed by atoms with Crippen LogP contribution in [0.15, 0.2) is 65.8 Å². The van der Waals surface area contributed by atoms with Gasteiger partial charge < -0.3 is 4.57 Å². The predicted octanol–water partition coefficient (Wildman–Crippen LogP) is 6.09. The van der Waals surface area contributed by atoms with Crippen LogP contribution in [0.2, 0.25) is 0 Å². The van der Waals surface area contributed by atoms with Gasteiger partial charge in [-0.05, 0) is 43.0 Å². The number of aromatic nitrogens is 1. The number of nitrogens with one attached hydrogen (secondary N) is 1. The maximum atomic E-state index is 4.58. The van der Waals surface area contributed by atoms with Crippen LogP contribution in [0.5, 0.6) is 0 Å². The van der Waals surface area contributed by atoms with Crippen molar-refractivity contribution in [2.45, 2.75) is 45.4 Å². The van der Waals surface area contributed by atoms with Gasteiger partial charge in [-0.2, -0.15) is 5.10 Å². The van der Waals surface area contributed by atoms with E-state index in [0.717, 1.165) is 10.6 Å². The van der Waals surface area contributed by atoms with Gasteiger partial charge in [0.05, 0.1) is 0 Å². The molecule has 0 aliphatic carbocycles. The SMILES string of the molecule is Cc1cc([C@@H]2NN=C(c3ccccc3)S2)c(C)n1-c1ccc(C(C)(C)C)cc1. The summed E-state index contributed by atoms with van der Waals surface area (Å²) < 4.78 is 2.34. The van der Waals surface area contributed by atoms with Crippen LogP contribution < -0.4 is 5.43 Å². The van der Waals surface area contributed by atoms with Crippen molar-refractivity contribution in [3.8, 4) is 5.69 Å². The van der Waals surface area contributed by atoms with E-state index in [2.05, 4.69) is 104 Å². The molecule has 1 N–H and O–H groups in total. The number of thioether (sulfide) groups is 1. The minimum atomic E-state index is 0.143. The molecule has 28 heavy (non-hydrogen) atoms. The highest BCUT2D eigenvalue weighted by Crippen LogP contribution is 2.37. The van der Waals surface area contributed by atoms with Gasteiger partial charge in [-0.1, -0.05) is 75.0 Å². The summed E-state index contributed by atoms with van der Waals surface area (Å²) in [6.45, 7) is 11.1. The van der Waals surface area contributed by atoms with Gasteiger partial charge in [0.1, 0.15) is 10.4 Å². The van der Waals surface area contributed by atoms with E-state index in [1.807, 2.05) is 6.07 Å². The molecule has 0 unspecified atom stereocenters. The van der Waals surface area contributed by atoms with Gasteiger partial charge in [-0.15, -0.1) is 0 Å². The van der Waals surface area contributed by atoms with E-state index in [-0.39, 0.29) is 10.8 Å². The minimum absolute atomic E-state index is 0.143. The Bertz CT molecular complexity index is 1010. The van der Waals surface area contributed by atoms with Gasteiger partial charge in [-0.25, -0.2) is 0 Å². The molecule has 4 heteroatoms. The van der Waals surface area contributed by atoms with Crippen molar-refractivity contribution in [3.05, 3.63) is 88.7 Å². The highest BCUT2D eigenvalue weighted by Gasteiger charge is 2.26. The van der Waals surface area contributed by atoms with E-state index in [9.17, 15) is 0 Å². The molecule has 0 bridgehead atoms. The third-order valence-corrected chi connectivity index (χ3v) is 6.42. The summed E-state index contributed by atoms with van der Waals surface area (Å²) in [4.78, 5) is 0. The van der Waals surface area contributed by atoms with E-state index in [4.69, 9.17) is 0 Å². The van der Waals surface area contributed by atoms with Gasteiger partial charge in [0.2, 0.25) is 0 Å². The van der Waals surface area contributed by atoms with Crippen LogP contribution in [0.25, 0.3) is 5.69 Å². The first kappa shape index (κ1) is 18.9. The molecule has 2 aromatic carbocycles. The number of hydrogen-bond acceptors (Lipinski definition) is 3. The number of nitrogens with zero attached hydrogens (tertiary/aromatic N) is 2. The van der Waals surface area contributed by atoms with Crippen molar-refractivity contribution in [2.24, 2.45) is 5.10 Å². The Kier molecular flexibility index (Phi) is 4.84. The second-order valence-corrected chi connectivity index (χ2v) is 9.46. The largest absolute Gasteiger partial charge is 0.318 e. The molecule has 0 saturated heterocycles. The average Bonchev–Trinajstić information content (AvgIpc) is 3.27. The van der Waals surface area contributed by atoms with Gasteiger partial charge in [0.25, 0.3) is 0 Å². The quantitative estimate of drug-likeness (QED) is 0.587. The van der Waals surface area contributed by atoms with Gasteiger partial charge in [-0.3, -0.25) is 5.43 Å². The molecule has 1 atom stereocenters. The lowest BCUT2D eigenvalue weighted by molar-refractivity contribution is 0.590. The van der Waals surface area contributed by atoms with E-state index >= 15 is 0 Å². The fraction of sp³-hybridized carbons (Fsp3) is 0.292. The van der Waals surface area contributed by atoms with Crippen LogP contribution >= 0.6 is 11.8 Å². The van der Waals surface area contributed by atoms with E-state index in [1.165, 1.54) is 28.2 Å². The topological polar surface area (TPSA) is 29.3 Å². The minimum Gasteiger partial charge on any atom is -0.318 e. The van der Waals surface area contributed by atoms with Crippen LogP contribution in [0, 0.1) is 13.8 Å². The Morgan fingerprint density at radius 3 is 2.29 bits per heavy atom. The second-order valence-electron chi connectivity index (χ2n) is 8.37. The molecule has 0 amide bonds. The van der Waals surface area contributed by atoms with E-state index < -0.39 is 0 Å². The van der Waals surface area contributed by atoms with Crippen LogP contribution in [0.3, 0.4) is 0 Å². The molecule has 1 aromatic heterocycles. The van der Waals surface area contributed by atoms with E-state index in [1.54, 1.807) is 11.8 Å². The van der Waals surface area contributed by atoms with Crippen molar-refractivity contribution >= 4 is 16.8 Å². The Labute approximate surface area is 171 Å². The first-order chi connectivity index (χ1) is 13.3. The second kappa shape index (κ2) is 7.17. The fourth-order valence-electron chi connectivity index (χ4n) is 3.69. The number of benzene rings is 2. The summed E-state index contributed by atoms with van der Waals surface area (Å²) in [5.41, 5.74) is 11.0. The molecule has 0 saturated carbocycles. The predicted molar refractivity (Wildman–Crippen MR) is 120 cm³/mol. The Morgan fingerprint density at radius 2 is 1.64 bits per heavy atom. The maximum absolute atomic E-state index is 4.58. The molecule has 144 valence electrons. The molecule has 3 nitrogen and oxygen atoms in total. The summed E-state index contributed by atoms with van der Waals surface area (Å²) in [5, 5.41) is 5.76. The molecule has 0 spiro atoms. The standard InChI is InChI=1S/C24H27N3S/c1-16-15-21(23-26-25-22(28-23)18-9-7-6-8-10-18)17(2)27(16)20-13-11-19(12-14-20)24(3,4)5/h6-15,23,26H,1-5H3/t23-/m1/s1. The zero-order valence-corrected chi connectivity index (χ0v) is 18.0. The monoisotopic (exact) mass is 389 g/mol. The van der Waals surface area contributed by atoms with Crippen LogP contribution in [-0.4, -0.2) is 9.61 Å². The smallest absolute Gasteiger partial charge is 0.126 e. The maximum Gasteiger partial charge on any atom is 0.126 e. The number of hydrogen-bond donors (Lipinski definition) is 1. The van der Waals surface area contributed by atoms with Gasteiger partial charge >= 0.3 is 0 Å². The van der Waals surface area contributed by atoms with Crippen molar-refractivity contribution < 1.29 is 0 Å². The lowest BCUT2D eigenvalue weighted by Crippen LogP contribution is -2.11. The Morgan fingerprint density at radius 1 is 0.964 bits per heavy atom. The molecule has 0 fully saturated rings. The Balaban J connectivity index is 1.60. The first-order valence-corrected chi connectivity index (χ1v) is 10.6. The molecular formula is C24H27N3S. The summed E-state index contributed by atoms with van der Waals surface area (Å²) in [5.74, 6) is 0. The third-order valence-electron chi connectivity index (χ3n) is 5.28. The summed E-state index contributed by atoms with van der Waals surface area (Å²) >= 11 is 1.78. The molecular weight excluding hydrogens is 362 g/mol. The van der Waals surface area contributed by atoms with E-state index in [0.29, 0.717) is 0 Å². The summed E-state index contributed by atoms with van der Waals surface area (Å²) in [6.07, 6.45) is 0. The van der Waals surface area contributed by atoms with Crippen molar-refractivity contribution in [2.75, 3.05) is 0 Å². The highest BCUT2D eigenvalue weighted by atomic mass is 32.2. The van der Waals surface area contributed by atoms with Gasteiger partial charge in [0, 0.05) is 28.2 Å². The average molecular weight is 390 g/mol. The molecule has 1 aliphatic heterocycles. The highest BCUT2D eigenvalue weighted by molar-refractivity contribution is 8.14. The Hall–Kier alpha value is -2.46. The zero-order valence-electron chi connectivity index (χ0n) is 17.2. The van der Waals surface area contributed by atoms with Crippen LogP contribution in [-0.2, 0) is 5.41 Å². The lowest BCUT2D eigenvalue weighted by atomic mass is 9.87. The van der Waals surface area contributed by atoms with Crippen molar-refractivity contribution in [1.29, 1.82) is 0 Å². The third kappa shape index (κ3) is 3.49. The van der Waals surface area contributed by atoms with Crippen molar-refractivity contribution in [3.63, 3.8) is 0 Å². The molecule has 3 aromatic rings. The first-order valence-electron chi connectivity index (χ1n) is 9.69. The van der Waals surface area contributed by atoms with Crippen LogP contribution in [0.4, 0.5) is 0 Å². The van der Waals surface area contributed by atoms with Crippen molar-refractivity contribution in [1.82, 2.24) is 9.99 Å². The zero-order chi connectivity index (χ0) is 19.9. The summed E-state index contributed by atoms with van der Waals surface area (Å²) in [6, 6.07) is 21.6. The van der Waals surface area contributed by atoms with Crippen LogP contribution in [0.1, 0.15) is 54.2 Å². The normalized spacial score (nSPS) is 16.8. The summed E-state index contributed by atoms with van der Waals surface area (Å²) in [7, 11) is 0. The number of hydrazone groups is 1. The molecule has 4 rings (SSSR count). The molecule has 0 radical (unpaired) electrons. The fourth-order valence-corrected chi connectivity index (χ4v) is 4.76. The lowest BCUT2D eigenvalue weighted by Gasteiger charge is -2.20. The van der Waals surface area contributed by atoms with Gasteiger partial charge in [0.15, 0.2) is 0 Å². The number of rotatable bonds is 3. The number of aryl methyl sites for hydroxylation is 1. The molecule has 1 aliphatic rings.